The number of phenols is 2. The van der Waals surface area contributed by atoms with Gasteiger partial charge in [0.05, 0.1) is 5.30 Å². The van der Waals surface area contributed by atoms with Crippen molar-refractivity contribution in [3.8, 4) is 39.5 Å². The Hall–Kier alpha value is -3.07. The third kappa shape index (κ3) is 2.38. The number of fused-ring (bicyclic) bond motifs is 4. The molecule has 4 aromatic carbocycles. The molecule has 0 saturated carbocycles. The topological polar surface area (TPSA) is 69.9 Å². The monoisotopic (exact) mass is 374 g/mol. The first-order valence-electron chi connectivity index (χ1n) is 8.48. The van der Waals surface area contributed by atoms with Gasteiger partial charge in [-0.15, -0.1) is 0 Å². The van der Waals surface area contributed by atoms with Crippen LogP contribution in [0.5, 0.6) is 17.2 Å². The minimum atomic E-state index is -1.91. The first-order chi connectivity index (χ1) is 13.1. The number of hydrogen-bond donors (Lipinski definition) is 3. The Balaban J connectivity index is 1.88. The molecular formula is C22H15O4P. The maximum absolute atomic E-state index is 10.8. The fourth-order valence-corrected chi connectivity index (χ4v) is 4.90. The van der Waals surface area contributed by atoms with Crippen LogP contribution in [0.3, 0.4) is 0 Å². The third-order valence-corrected chi connectivity index (χ3v) is 6.09. The first-order valence-corrected chi connectivity index (χ1v) is 9.70. The second-order valence-electron chi connectivity index (χ2n) is 6.40. The van der Waals surface area contributed by atoms with Gasteiger partial charge in [-0.3, -0.25) is 0 Å². The molecule has 5 rings (SSSR count). The van der Waals surface area contributed by atoms with E-state index >= 15 is 0 Å². The molecule has 132 valence electrons. The van der Waals surface area contributed by atoms with Crippen molar-refractivity contribution < 1.29 is 19.6 Å². The van der Waals surface area contributed by atoms with Crippen LogP contribution >= 0.6 is 8.38 Å². The molecule has 0 radical (unpaired) electrons. The molecule has 1 aliphatic heterocycles. The normalized spacial score (nSPS) is 15.1. The Morgan fingerprint density at radius 1 is 0.741 bits per heavy atom. The molecule has 1 atom stereocenters. The van der Waals surface area contributed by atoms with Gasteiger partial charge >= 0.3 is 0 Å². The maximum atomic E-state index is 10.8. The van der Waals surface area contributed by atoms with Gasteiger partial charge in [-0.1, -0.05) is 60.7 Å². The summed E-state index contributed by atoms with van der Waals surface area (Å²) >= 11 is 0. The Morgan fingerprint density at radius 2 is 1.44 bits per heavy atom. The average molecular weight is 374 g/mol. The summed E-state index contributed by atoms with van der Waals surface area (Å²) in [5.41, 5.74) is 2.91. The summed E-state index contributed by atoms with van der Waals surface area (Å²) < 4.78 is 5.78. The van der Waals surface area contributed by atoms with Crippen LogP contribution in [0.2, 0.25) is 0 Å². The second-order valence-corrected chi connectivity index (χ2v) is 7.58. The zero-order valence-electron chi connectivity index (χ0n) is 14.1. The highest BCUT2D eigenvalue weighted by molar-refractivity contribution is 7.56. The number of rotatable bonds is 1. The standard InChI is InChI=1S/C22H15O4P/c23-18-12-13-6-1-2-7-14(13)20(21(18)24)17-10-5-9-16-15-8-3-4-11-19(15)26-27(25)22(16)17/h1-12,23-25H. The lowest BCUT2D eigenvalue weighted by molar-refractivity contribution is 0.406. The summed E-state index contributed by atoms with van der Waals surface area (Å²) in [6, 6.07) is 22.3. The summed E-state index contributed by atoms with van der Waals surface area (Å²) in [5.74, 6) is 0.241. The van der Waals surface area contributed by atoms with Gasteiger partial charge in [0.2, 0.25) is 0 Å². The fraction of sp³-hybridized carbons (Fsp3) is 0. The smallest absolute Gasteiger partial charge is 0.263 e. The molecule has 0 aliphatic carbocycles. The van der Waals surface area contributed by atoms with E-state index in [1.807, 2.05) is 66.7 Å². The van der Waals surface area contributed by atoms with Crippen molar-refractivity contribution in [2.75, 3.05) is 0 Å². The van der Waals surface area contributed by atoms with E-state index in [9.17, 15) is 15.1 Å². The molecule has 0 spiro atoms. The van der Waals surface area contributed by atoms with Crippen LogP contribution in [0.25, 0.3) is 33.0 Å². The van der Waals surface area contributed by atoms with E-state index in [4.69, 9.17) is 4.52 Å². The number of phenolic OH excluding ortho intramolecular Hbond substituents is 2. The number of aromatic hydroxyl groups is 2. The van der Waals surface area contributed by atoms with Crippen molar-refractivity contribution in [3.63, 3.8) is 0 Å². The molecule has 27 heavy (non-hydrogen) atoms. The quantitative estimate of drug-likeness (QED) is 0.327. The molecule has 0 fully saturated rings. The highest BCUT2D eigenvalue weighted by Gasteiger charge is 2.30. The minimum absolute atomic E-state index is 0.194. The average Bonchev–Trinajstić information content (AvgIpc) is 2.69. The summed E-state index contributed by atoms with van der Waals surface area (Å²) in [5, 5.41) is 23.2. The van der Waals surface area contributed by atoms with Crippen molar-refractivity contribution in [1.29, 1.82) is 0 Å². The van der Waals surface area contributed by atoms with Gasteiger partial charge < -0.3 is 19.6 Å². The Labute approximate surface area is 156 Å². The van der Waals surface area contributed by atoms with Crippen LogP contribution in [-0.2, 0) is 0 Å². The van der Waals surface area contributed by atoms with Gasteiger partial charge in [-0.05, 0) is 28.5 Å². The van der Waals surface area contributed by atoms with E-state index in [2.05, 4.69) is 0 Å². The third-order valence-electron chi connectivity index (χ3n) is 4.86. The number of benzene rings is 4. The van der Waals surface area contributed by atoms with Crippen LogP contribution in [0.15, 0.2) is 72.8 Å². The lowest BCUT2D eigenvalue weighted by Crippen LogP contribution is -2.16. The molecule has 4 aromatic rings. The summed E-state index contributed by atoms with van der Waals surface area (Å²) in [6.45, 7) is 0. The summed E-state index contributed by atoms with van der Waals surface area (Å²) in [6.07, 6.45) is 0. The zero-order chi connectivity index (χ0) is 18.5. The van der Waals surface area contributed by atoms with E-state index in [1.165, 1.54) is 6.07 Å². The molecule has 4 nitrogen and oxygen atoms in total. The largest absolute Gasteiger partial charge is 0.504 e. The van der Waals surface area contributed by atoms with E-state index < -0.39 is 8.38 Å². The summed E-state index contributed by atoms with van der Waals surface area (Å²) in [7, 11) is -1.91. The molecule has 5 heteroatoms. The van der Waals surface area contributed by atoms with Crippen LogP contribution < -0.4 is 9.83 Å². The van der Waals surface area contributed by atoms with Gasteiger partial charge in [0.1, 0.15) is 5.75 Å². The van der Waals surface area contributed by atoms with Crippen LogP contribution in [-0.4, -0.2) is 15.1 Å². The van der Waals surface area contributed by atoms with E-state index in [0.717, 1.165) is 21.9 Å². The van der Waals surface area contributed by atoms with Crippen LogP contribution in [0, 0.1) is 0 Å². The Kier molecular flexibility index (Phi) is 3.57. The first kappa shape index (κ1) is 16.1. The highest BCUT2D eigenvalue weighted by Crippen LogP contribution is 2.51. The van der Waals surface area contributed by atoms with Crippen LogP contribution in [0.1, 0.15) is 0 Å². The second kappa shape index (κ2) is 5.98. The molecule has 1 aliphatic rings. The molecule has 1 heterocycles. The SMILES string of the molecule is Oc1cc2ccccc2c(-c2cccc3c2P(O)Oc2ccccc2-3)c1O. The van der Waals surface area contributed by atoms with Crippen molar-refractivity contribution in [1.82, 2.24) is 0 Å². The molecule has 0 saturated heterocycles. The van der Waals surface area contributed by atoms with E-state index in [-0.39, 0.29) is 11.5 Å². The molecule has 0 aromatic heterocycles. The predicted octanol–water partition coefficient (Wildman–Crippen LogP) is 4.91. The van der Waals surface area contributed by atoms with Gasteiger partial charge in [-0.25, -0.2) is 0 Å². The van der Waals surface area contributed by atoms with Gasteiger partial charge in [0.15, 0.2) is 11.5 Å². The van der Waals surface area contributed by atoms with Crippen molar-refractivity contribution in [2.45, 2.75) is 0 Å². The molecule has 0 bridgehead atoms. The highest BCUT2D eigenvalue weighted by atomic mass is 31.2. The van der Waals surface area contributed by atoms with Crippen molar-refractivity contribution in [3.05, 3.63) is 72.8 Å². The van der Waals surface area contributed by atoms with Crippen molar-refractivity contribution >= 4 is 24.5 Å². The lowest BCUT2D eigenvalue weighted by Gasteiger charge is -2.26. The Bertz CT molecular complexity index is 1200. The van der Waals surface area contributed by atoms with E-state index in [1.54, 1.807) is 0 Å². The molecular weight excluding hydrogens is 359 g/mol. The molecule has 1 unspecified atom stereocenters. The molecule has 0 amide bonds. The minimum Gasteiger partial charge on any atom is -0.504 e. The Morgan fingerprint density at radius 3 is 2.33 bits per heavy atom. The molecule has 3 N–H and O–H groups in total. The number of para-hydroxylation sites is 1. The summed E-state index contributed by atoms with van der Waals surface area (Å²) in [4.78, 5) is 10.8. The fourth-order valence-electron chi connectivity index (χ4n) is 3.67. The maximum Gasteiger partial charge on any atom is 0.263 e. The van der Waals surface area contributed by atoms with Gasteiger partial charge in [0, 0.05) is 16.7 Å². The lowest BCUT2D eigenvalue weighted by atomic mass is 9.93. The van der Waals surface area contributed by atoms with Crippen LogP contribution in [0.4, 0.5) is 0 Å². The number of hydrogen-bond acceptors (Lipinski definition) is 4. The zero-order valence-corrected chi connectivity index (χ0v) is 15.0. The van der Waals surface area contributed by atoms with Gasteiger partial charge in [-0.2, -0.15) is 0 Å². The van der Waals surface area contributed by atoms with E-state index in [0.29, 0.717) is 22.2 Å². The predicted molar refractivity (Wildman–Crippen MR) is 108 cm³/mol. The van der Waals surface area contributed by atoms with Gasteiger partial charge in [0.25, 0.3) is 8.38 Å². The van der Waals surface area contributed by atoms with Crippen molar-refractivity contribution in [2.24, 2.45) is 0 Å².